The van der Waals surface area contributed by atoms with Gasteiger partial charge in [0, 0.05) is 11.6 Å². The lowest BCUT2D eigenvalue weighted by molar-refractivity contribution is -0.137. The molecule has 0 fully saturated rings. The molecule has 3 aromatic carbocycles. The number of amides is 1. The van der Waals surface area contributed by atoms with E-state index in [0.717, 1.165) is 6.07 Å². The Kier molecular flexibility index (Phi) is 9.33. The largest absolute Gasteiger partial charge is 0.480 e. The molecule has 0 heterocycles. The number of hydrogen-bond acceptors (Lipinski definition) is 7. The Hall–Kier alpha value is -4.25. The Morgan fingerprint density at radius 1 is 1.00 bits per heavy atom. The number of esters is 1. The average molecular weight is 530 g/mol. The Bertz CT molecular complexity index is 1320. The van der Waals surface area contributed by atoms with Gasteiger partial charge in [-0.1, -0.05) is 36.4 Å². The number of ether oxygens (including phenoxy) is 2. The van der Waals surface area contributed by atoms with Gasteiger partial charge in [0.05, 0.1) is 5.25 Å². The van der Waals surface area contributed by atoms with Gasteiger partial charge in [-0.15, -0.1) is 0 Å². The number of carbonyl (C=O) groups excluding carboxylic acids is 3. The van der Waals surface area contributed by atoms with Crippen molar-refractivity contribution < 1.29 is 42.5 Å². The van der Waals surface area contributed by atoms with Crippen molar-refractivity contribution in [2.45, 2.75) is 18.8 Å². The molecule has 0 saturated carbocycles. The van der Waals surface area contributed by atoms with Gasteiger partial charge in [0.2, 0.25) is 5.91 Å². The van der Waals surface area contributed by atoms with Crippen LogP contribution >= 0.6 is 11.8 Å². The van der Waals surface area contributed by atoms with Crippen LogP contribution in [0.15, 0.2) is 66.7 Å². The maximum Gasteiger partial charge on any atom is 0.373 e. The van der Waals surface area contributed by atoms with E-state index in [4.69, 9.17) is 14.6 Å². The summed E-state index contributed by atoms with van der Waals surface area (Å²) in [6.07, 6.45) is 0. The molecule has 0 aliphatic carbocycles. The summed E-state index contributed by atoms with van der Waals surface area (Å²) in [6.45, 7) is 0.674. The highest BCUT2D eigenvalue weighted by atomic mass is 32.2. The van der Waals surface area contributed by atoms with E-state index < -0.39 is 46.6 Å². The molecule has 0 aliphatic rings. The third-order valence-corrected chi connectivity index (χ3v) is 5.75. The maximum atomic E-state index is 14.4. The molecule has 11 heteroatoms. The zero-order valence-electron chi connectivity index (χ0n) is 19.4. The first kappa shape index (κ1) is 27.3. The lowest BCUT2D eigenvalue weighted by Crippen LogP contribution is -2.35. The highest BCUT2D eigenvalue weighted by molar-refractivity contribution is 8.14. The monoisotopic (exact) mass is 529 g/mol. The smallest absolute Gasteiger partial charge is 0.373 e. The molecule has 8 nitrogen and oxygen atoms in total. The Morgan fingerprint density at radius 2 is 1.73 bits per heavy atom. The molecule has 3 aromatic rings. The Morgan fingerprint density at radius 3 is 2.41 bits per heavy atom. The van der Waals surface area contributed by atoms with Crippen LogP contribution in [-0.4, -0.2) is 40.0 Å². The van der Waals surface area contributed by atoms with Crippen LogP contribution in [0.3, 0.4) is 0 Å². The van der Waals surface area contributed by atoms with Crippen LogP contribution in [0.1, 0.15) is 22.8 Å². The van der Waals surface area contributed by atoms with Crippen LogP contribution < -0.4 is 10.1 Å². The second kappa shape index (κ2) is 12.6. The summed E-state index contributed by atoms with van der Waals surface area (Å²) in [5.74, 6) is -4.65. The molecule has 1 unspecified atom stereocenters. The number of hydrogen-bond donors (Lipinski definition) is 2. The minimum absolute atomic E-state index is 0.00878. The molecule has 0 aliphatic heterocycles. The summed E-state index contributed by atoms with van der Waals surface area (Å²) in [7, 11) is 0. The minimum atomic E-state index is -1.25. The lowest BCUT2D eigenvalue weighted by Gasteiger charge is -2.14. The van der Waals surface area contributed by atoms with Crippen molar-refractivity contribution in [1.82, 2.24) is 5.32 Å². The molecule has 3 rings (SSSR count). The van der Waals surface area contributed by atoms with Gasteiger partial charge in [-0.3, -0.25) is 9.59 Å². The highest BCUT2D eigenvalue weighted by Crippen LogP contribution is 2.31. The number of aliphatic carboxylic acids is 1. The van der Waals surface area contributed by atoms with Crippen LogP contribution in [0.25, 0.3) is 11.1 Å². The Balaban J connectivity index is 1.83. The third-order valence-electron chi connectivity index (χ3n) is 4.90. The van der Waals surface area contributed by atoms with E-state index >= 15 is 0 Å². The van der Waals surface area contributed by atoms with Crippen molar-refractivity contribution in [2.75, 3.05) is 6.54 Å². The van der Waals surface area contributed by atoms with E-state index in [9.17, 15) is 28.0 Å². The molecule has 0 saturated heterocycles. The number of carboxylic acid groups (broad SMARTS) is 1. The van der Waals surface area contributed by atoms with Crippen molar-refractivity contribution in [1.29, 1.82) is 0 Å². The second-order valence-corrected chi connectivity index (χ2v) is 8.90. The molecule has 0 spiro atoms. The number of carbonyl (C=O) groups is 4. The van der Waals surface area contributed by atoms with Gasteiger partial charge in [0.25, 0.3) is 0 Å². The van der Waals surface area contributed by atoms with Crippen molar-refractivity contribution >= 4 is 34.9 Å². The predicted molar refractivity (Wildman–Crippen MR) is 131 cm³/mol. The molecule has 1 atom stereocenters. The average Bonchev–Trinajstić information content (AvgIpc) is 2.86. The van der Waals surface area contributed by atoms with Gasteiger partial charge >= 0.3 is 17.2 Å². The first-order valence-electron chi connectivity index (χ1n) is 10.8. The summed E-state index contributed by atoms with van der Waals surface area (Å²) in [6, 6.07) is 15.7. The molecule has 0 bridgehead atoms. The van der Waals surface area contributed by atoms with Gasteiger partial charge in [-0.2, -0.15) is 0 Å². The third kappa shape index (κ3) is 7.87. The zero-order valence-corrected chi connectivity index (χ0v) is 20.2. The number of thioether (sulfide) groups is 1. The quantitative estimate of drug-likeness (QED) is 0.379. The fraction of sp³-hybridized carbons (Fsp3) is 0.154. The van der Waals surface area contributed by atoms with E-state index in [1.807, 2.05) is 0 Å². The highest BCUT2D eigenvalue weighted by Gasteiger charge is 2.23. The fourth-order valence-corrected chi connectivity index (χ4v) is 3.71. The van der Waals surface area contributed by atoms with E-state index in [0.29, 0.717) is 23.4 Å². The zero-order chi connectivity index (χ0) is 26.9. The number of benzene rings is 3. The van der Waals surface area contributed by atoms with Crippen LogP contribution in [-0.2, 0) is 20.9 Å². The number of rotatable bonds is 9. The van der Waals surface area contributed by atoms with Crippen molar-refractivity contribution in [3.63, 3.8) is 0 Å². The fourth-order valence-electron chi connectivity index (χ4n) is 3.09. The number of nitrogens with one attached hydrogen (secondary N) is 1. The van der Waals surface area contributed by atoms with Crippen LogP contribution in [0.4, 0.5) is 13.6 Å². The molecule has 1 amide bonds. The van der Waals surface area contributed by atoms with Gasteiger partial charge in [0.15, 0.2) is 0 Å². The van der Waals surface area contributed by atoms with Gasteiger partial charge < -0.3 is 19.9 Å². The summed E-state index contributed by atoms with van der Waals surface area (Å²) >= 11 is 0.470. The first-order chi connectivity index (χ1) is 17.6. The van der Waals surface area contributed by atoms with Crippen LogP contribution in [0.5, 0.6) is 5.75 Å². The lowest BCUT2D eigenvalue weighted by atomic mass is 10.0. The van der Waals surface area contributed by atoms with Gasteiger partial charge in [-0.05, 0) is 54.1 Å². The van der Waals surface area contributed by atoms with Crippen LogP contribution in [0, 0.1) is 11.6 Å². The van der Waals surface area contributed by atoms with E-state index in [2.05, 4.69) is 5.32 Å². The normalized spacial score (nSPS) is 11.3. The van der Waals surface area contributed by atoms with Crippen LogP contribution in [0.2, 0.25) is 0 Å². The molecule has 0 aromatic heterocycles. The van der Waals surface area contributed by atoms with E-state index in [1.54, 1.807) is 30.3 Å². The SMILES string of the molecule is CC(SC(=O)Oc1ccc(-c2ccc(F)cc2F)cc1C(=O)OCc1ccccc1)C(=O)NCC(=O)O. The first-order valence-corrected chi connectivity index (χ1v) is 11.7. The maximum absolute atomic E-state index is 14.4. The molecule has 37 heavy (non-hydrogen) atoms. The van der Waals surface area contributed by atoms with Gasteiger partial charge in [0.1, 0.15) is 36.1 Å². The van der Waals surface area contributed by atoms with E-state index in [-0.39, 0.29) is 29.0 Å². The predicted octanol–water partition coefficient (Wildman–Crippen LogP) is 4.81. The number of halogens is 2. The minimum Gasteiger partial charge on any atom is -0.480 e. The summed E-state index contributed by atoms with van der Waals surface area (Å²) in [5.41, 5.74) is 0.716. The van der Waals surface area contributed by atoms with E-state index in [1.165, 1.54) is 31.2 Å². The van der Waals surface area contributed by atoms with Gasteiger partial charge in [-0.25, -0.2) is 18.4 Å². The molecular formula is C26H21F2NO7S. The van der Waals surface area contributed by atoms with Crippen molar-refractivity contribution in [3.05, 3.63) is 89.5 Å². The standard InChI is InChI=1S/C26H21F2NO7S/c1-15(24(32)29-13-23(30)31)37-26(34)36-22-10-7-17(19-9-8-18(27)12-21(19)28)11-20(22)25(33)35-14-16-5-3-2-4-6-16/h2-12,15H,13-14H2,1H3,(H,29,32)(H,30,31). The molecule has 0 radical (unpaired) electrons. The second-order valence-electron chi connectivity index (χ2n) is 7.62. The van der Waals surface area contributed by atoms with Crippen molar-refractivity contribution in [3.8, 4) is 16.9 Å². The topological polar surface area (TPSA) is 119 Å². The summed E-state index contributed by atoms with van der Waals surface area (Å²) in [5, 5.41) is 8.86. The number of carboxylic acids is 1. The summed E-state index contributed by atoms with van der Waals surface area (Å²) in [4.78, 5) is 47.9. The van der Waals surface area contributed by atoms with Crippen molar-refractivity contribution in [2.24, 2.45) is 0 Å². The molecule has 192 valence electrons. The summed E-state index contributed by atoms with van der Waals surface area (Å²) < 4.78 is 38.3. The Labute approximate surface area is 214 Å². The molecular weight excluding hydrogens is 508 g/mol. The molecule has 2 N–H and O–H groups in total.